The van der Waals surface area contributed by atoms with Crippen LogP contribution in [0.25, 0.3) is 11.5 Å². The molecule has 1 aliphatic heterocycles. The van der Waals surface area contributed by atoms with Crippen molar-refractivity contribution in [2.45, 2.75) is 32.6 Å². The molecule has 1 aliphatic rings. The molecule has 0 spiro atoms. The Morgan fingerprint density at radius 1 is 1.29 bits per heavy atom. The number of piperidine rings is 1. The van der Waals surface area contributed by atoms with E-state index in [0.29, 0.717) is 23.8 Å². The molecule has 110 valence electrons. The van der Waals surface area contributed by atoms with Crippen molar-refractivity contribution in [3.63, 3.8) is 0 Å². The van der Waals surface area contributed by atoms with Gasteiger partial charge in [-0.25, -0.2) is 4.98 Å². The minimum absolute atomic E-state index is 0.0153. The van der Waals surface area contributed by atoms with Crippen LogP contribution in [0.4, 0.5) is 0 Å². The Morgan fingerprint density at radius 3 is 2.81 bits per heavy atom. The molecule has 3 heterocycles. The van der Waals surface area contributed by atoms with E-state index in [9.17, 15) is 4.79 Å². The van der Waals surface area contributed by atoms with Gasteiger partial charge in [0.1, 0.15) is 5.69 Å². The highest BCUT2D eigenvalue weighted by atomic mass is 16.5. The number of nitrogens with zero attached hydrogens (tertiary/aromatic N) is 4. The first kappa shape index (κ1) is 13.7. The zero-order valence-electron chi connectivity index (χ0n) is 12.5. The first-order chi connectivity index (χ1) is 10.0. The van der Waals surface area contributed by atoms with Gasteiger partial charge < -0.3 is 9.42 Å². The van der Waals surface area contributed by atoms with Crippen LogP contribution in [0.1, 0.15) is 35.9 Å². The van der Waals surface area contributed by atoms with E-state index in [1.807, 2.05) is 33.0 Å². The summed E-state index contributed by atoms with van der Waals surface area (Å²) in [7, 11) is 1.82. The number of aromatic nitrogens is 3. The van der Waals surface area contributed by atoms with Crippen LogP contribution in [0.2, 0.25) is 0 Å². The zero-order valence-corrected chi connectivity index (χ0v) is 12.5. The summed E-state index contributed by atoms with van der Waals surface area (Å²) < 4.78 is 5.34. The molecular weight excluding hydrogens is 268 g/mol. The van der Waals surface area contributed by atoms with Crippen LogP contribution in [-0.2, 0) is 4.79 Å². The number of aryl methyl sites for hydroxylation is 2. The number of hydrogen-bond acceptors (Lipinski definition) is 5. The number of pyridine rings is 1. The highest BCUT2D eigenvalue weighted by Crippen LogP contribution is 2.28. The highest BCUT2D eigenvalue weighted by molar-refractivity contribution is 5.77. The second-order valence-corrected chi connectivity index (χ2v) is 5.56. The predicted octanol–water partition coefficient (Wildman–Crippen LogP) is 2.08. The van der Waals surface area contributed by atoms with Crippen molar-refractivity contribution in [1.29, 1.82) is 0 Å². The monoisotopic (exact) mass is 286 g/mol. The third kappa shape index (κ3) is 2.66. The van der Waals surface area contributed by atoms with Crippen molar-refractivity contribution in [1.82, 2.24) is 20.0 Å². The van der Waals surface area contributed by atoms with Gasteiger partial charge in [-0.1, -0.05) is 11.2 Å². The van der Waals surface area contributed by atoms with Gasteiger partial charge in [-0.3, -0.25) is 4.79 Å². The fraction of sp³-hybridized carbons (Fsp3) is 0.467. The van der Waals surface area contributed by atoms with E-state index < -0.39 is 0 Å². The average Bonchev–Trinajstić information content (AvgIpc) is 2.94. The van der Waals surface area contributed by atoms with Crippen LogP contribution in [0, 0.1) is 13.8 Å². The van der Waals surface area contributed by atoms with Gasteiger partial charge in [-0.15, -0.1) is 0 Å². The molecule has 6 heteroatoms. The lowest BCUT2D eigenvalue weighted by atomic mass is 9.96. The summed E-state index contributed by atoms with van der Waals surface area (Å²) >= 11 is 0. The first-order valence-electron chi connectivity index (χ1n) is 7.07. The van der Waals surface area contributed by atoms with Gasteiger partial charge >= 0.3 is 0 Å². The minimum atomic E-state index is 0.0153. The standard InChI is InChI=1S/C15H18N4O2/c1-9-4-5-12(16-10(9)2)14-17-15(21-18-14)11-6-7-19(3)13(20)8-11/h4-5,11H,6-8H2,1-3H3. The first-order valence-corrected chi connectivity index (χ1v) is 7.07. The summed E-state index contributed by atoms with van der Waals surface area (Å²) in [6.07, 6.45) is 1.28. The fourth-order valence-electron chi connectivity index (χ4n) is 2.41. The summed E-state index contributed by atoms with van der Waals surface area (Å²) in [4.78, 5) is 22.4. The zero-order chi connectivity index (χ0) is 15.0. The molecule has 2 aromatic rings. The highest BCUT2D eigenvalue weighted by Gasteiger charge is 2.28. The summed E-state index contributed by atoms with van der Waals surface area (Å²) in [6.45, 7) is 4.69. The van der Waals surface area contributed by atoms with Gasteiger partial charge in [-0.05, 0) is 31.9 Å². The van der Waals surface area contributed by atoms with E-state index in [0.717, 1.165) is 24.2 Å². The van der Waals surface area contributed by atoms with E-state index in [1.165, 1.54) is 0 Å². The molecule has 2 aromatic heterocycles. The fourth-order valence-corrected chi connectivity index (χ4v) is 2.41. The number of amides is 1. The summed E-state index contributed by atoms with van der Waals surface area (Å²) in [5.41, 5.74) is 2.78. The molecule has 3 rings (SSSR count). The molecule has 1 atom stereocenters. The summed E-state index contributed by atoms with van der Waals surface area (Å²) in [6, 6.07) is 3.88. The third-order valence-corrected chi connectivity index (χ3v) is 4.03. The van der Waals surface area contributed by atoms with Crippen molar-refractivity contribution in [2.75, 3.05) is 13.6 Å². The Labute approximate surface area is 123 Å². The number of carbonyl (C=O) groups is 1. The van der Waals surface area contributed by atoms with Crippen LogP contribution in [0.15, 0.2) is 16.7 Å². The Morgan fingerprint density at radius 2 is 2.10 bits per heavy atom. The van der Waals surface area contributed by atoms with Gasteiger partial charge in [0, 0.05) is 31.6 Å². The van der Waals surface area contributed by atoms with Crippen molar-refractivity contribution >= 4 is 5.91 Å². The van der Waals surface area contributed by atoms with Gasteiger partial charge in [0.2, 0.25) is 17.6 Å². The number of likely N-dealkylation sites (tertiary alicyclic amines) is 1. The molecule has 0 aromatic carbocycles. The normalized spacial score (nSPS) is 19.1. The van der Waals surface area contributed by atoms with Crippen molar-refractivity contribution in [3.05, 3.63) is 29.3 Å². The second-order valence-electron chi connectivity index (χ2n) is 5.56. The van der Waals surface area contributed by atoms with Gasteiger partial charge in [-0.2, -0.15) is 4.98 Å². The van der Waals surface area contributed by atoms with Crippen molar-refractivity contribution < 1.29 is 9.32 Å². The smallest absolute Gasteiger partial charge is 0.230 e. The largest absolute Gasteiger partial charge is 0.346 e. The Bertz CT molecular complexity index is 680. The van der Waals surface area contributed by atoms with Crippen LogP contribution in [0.5, 0.6) is 0 Å². The Balaban J connectivity index is 1.83. The van der Waals surface area contributed by atoms with E-state index in [-0.39, 0.29) is 11.8 Å². The lowest BCUT2D eigenvalue weighted by molar-refractivity contribution is -0.132. The number of rotatable bonds is 2. The quantitative estimate of drug-likeness (QED) is 0.845. The van der Waals surface area contributed by atoms with Gasteiger partial charge in [0.15, 0.2) is 0 Å². The predicted molar refractivity (Wildman–Crippen MR) is 76.6 cm³/mol. The van der Waals surface area contributed by atoms with E-state index >= 15 is 0 Å². The van der Waals surface area contributed by atoms with Crippen LogP contribution >= 0.6 is 0 Å². The molecule has 0 bridgehead atoms. The molecule has 0 aliphatic carbocycles. The molecule has 21 heavy (non-hydrogen) atoms. The lowest BCUT2D eigenvalue weighted by Crippen LogP contribution is -2.34. The number of hydrogen-bond donors (Lipinski definition) is 0. The van der Waals surface area contributed by atoms with Crippen molar-refractivity contribution in [3.8, 4) is 11.5 Å². The summed E-state index contributed by atoms with van der Waals surface area (Å²) in [5.74, 6) is 1.16. The molecule has 6 nitrogen and oxygen atoms in total. The molecule has 1 saturated heterocycles. The van der Waals surface area contributed by atoms with E-state index in [1.54, 1.807) is 4.90 Å². The Kier molecular flexibility index (Phi) is 3.45. The van der Waals surface area contributed by atoms with Gasteiger partial charge in [0.05, 0.1) is 0 Å². The maximum absolute atomic E-state index is 11.8. The van der Waals surface area contributed by atoms with Crippen LogP contribution in [0.3, 0.4) is 0 Å². The SMILES string of the molecule is Cc1ccc(-c2noc(C3CCN(C)C(=O)C3)n2)nc1C. The third-order valence-electron chi connectivity index (χ3n) is 4.03. The topological polar surface area (TPSA) is 72.1 Å². The number of carbonyl (C=O) groups excluding carboxylic acids is 1. The summed E-state index contributed by atoms with van der Waals surface area (Å²) in [5, 5.41) is 4.00. The molecule has 1 unspecified atom stereocenters. The van der Waals surface area contributed by atoms with E-state index in [2.05, 4.69) is 15.1 Å². The molecule has 0 saturated carbocycles. The Hall–Kier alpha value is -2.24. The van der Waals surface area contributed by atoms with Crippen LogP contribution < -0.4 is 0 Å². The van der Waals surface area contributed by atoms with Gasteiger partial charge in [0.25, 0.3) is 0 Å². The molecule has 1 amide bonds. The average molecular weight is 286 g/mol. The molecular formula is C15H18N4O2. The minimum Gasteiger partial charge on any atom is -0.346 e. The maximum Gasteiger partial charge on any atom is 0.230 e. The van der Waals surface area contributed by atoms with Crippen molar-refractivity contribution in [2.24, 2.45) is 0 Å². The maximum atomic E-state index is 11.8. The van der Waals surface area contributed by atoms with E-state index in [4.69, 9.17) is 4.52 Å². The molecule has 0 radical (unpaired) electrons. The molecule has 1 fully saturated rings. The van der Waals surface area contributed by atoms with Crippen LogP contribution in [-0.4, -0.2) is 39.5 Å². The lowest BCUT2D eigenvalue weighted by Gasteiger charge is -2.26. The second kappa shape index (κ2) is 5.27. The molecule has 0 N–H and O–H groups in total.